The molecule has 1 aliphatic rings. The number of benzene rings is 1. The lowest BCUT2D eigenvalue weighted by Crippen LogP contribution is -2.09. The second kappa shape index (κ2) is 5.11. The number of hydrogen-bond acceptors (Lipinski definition) is 1. The van der Waals surface area contributed by atoms with Crippen LogP contribution in [0.1, 0.15) is 30.1 Å². The molecule has 0 spiro atoms. The Morgan fingerprint density at radius 2 is 2.25 bits per heavy atom. The molecule has 0 N–H and O–H groups in total. The fourth-order valence-electron chi connectivity index (χ4n) is 2.03. The Morgan fingerprint density at radius 1 is 1.44 bits per heavy atom. The molecule has 1 saturated heterocycles. The van der Waals surface area contributed by atoms with E-state index in [0.717, 1.165) is 12.0 Å². The van der Waals surface area contributed by atoms with E-state index in [1.54, 1.807) is 6.07 Å². The summed E-state index contributed by atoms with van der Waals surface area (Å²) in [6.07, 6.45) is -1.67. The molecule has 16 heavy (non-hydrogen) atoms. The summed E-state index contributed by atoms with van der Waals surface area (Å²) in [5, 5.41) is 0. The molecule has 0 bridgehead atoms. The summed E-state index contributed by atoms with van der Waals surface area (Å²) in [6, 6.07) is 6.41. The van der Waals surface area contributed by atoms with Gasteiger partial charge in [-0.2, -0.15) is 0 Å². The first-order valence-corrected chi connectivity index (χ1v) is 5.81. The minimum Gasteiger partial charge on any atom is -0.373 e. The molecule has 0 aliphatic carbocycles. The summed E-state index contributed by atoms with van der Waals surface area (Å²) in [5.74, 6) is 0.735. The van der Waals surface area contributed by atoms with E-state index in [1.165, 1.54) is 12.1 Å². The summed E-state index contributed by atoms with van der Waals surface area (Å²) in [6.45, 7) is 0.654. The van der Waals surface area contributed by atoms with E-state index < -0.39 is 6.43 Å². The van der Waals surface area contributed by atoms with Crippen LogP contribution in [0.3, 0.4) is 0 Å². The highest BCUT2D eigenvalue weighted by molar-refractivity contribution is 6.18. The van der Waals surface area contributed by atoms with Crippen LogP contribution in [0.4, 0.5) is 8.78 Å². The third kappa shape index (κ3) is 2.36. The minimum absolute atomic E-state index is 0.0429. The van der Waals surface area contributed by atoms with Gasteiger partial charge in [0.05, 0.1) is 6.10 Å². The first kappa shape index (κ1) is 11.8. The topological polar surface area (TPSA) is 9.23 Å². The second-order valence-electron chi connectivity index (χ2n) is 3.97. The van der Waals surface area contributed by atoms with E-state index in [-0.39, 0.29) is 17.6 Å². The van der Waals surface area contributed by atoms with Crippen molar-refractivity contribution >= 4 is 11.6 Å². The first-order chi connectivity index (χ1) is 7.72. The molecule has 0 saturated carbocycles. The van der Waals surface area contributed by atoms with Crippen LogP contribution < -0.4 is 0 Å². The van der Waals surface area contributed by atoms with Crippen molar-refractivity contribution in [2.45, 2.75) is 19.0 Å². The molecular weight excluding hydrogens is 234 g/mol. The van der Waals surface area contributed by atoms with Crippen molar-refractivity contribution in [3.8, 4) is 0 Å². The molecule has 1 nitrogen and oxygen atoms in total. The highest BCUT2D eigenvalue weighted by Gasteiger charge is 2.29. The van der Waals surface area contributed by atoms with Crippen LogP contribution in [0.5, 0.6) is 0 Å². The Labute approximate surface area is 98.4 Å². The lowest BCUT2D eigenvalue weighted by Gasteiger charge is -2.17. The van der Waals surface area contributed by atoms with E-state index in [0.29, 0.717) is 12.5 Å². The quantitative estimate of drug-likeness (QED) is 0.734. The monoisotopic (exact) mass is 246 g/mol. The number of alkyl halides is 3. The molecule has 0 amide bonds. The van der Waals surface area contributed by atoms with Gasteiger partial charge in [0.25, 0.3) is 6.43 Å². The van der Waals surface area contributed by atoms with E-state index in [4.69, 9.17) is 16.3 Å². The molecule has 1 fully saturated rings. The Balaban J connectivity index is 2.22. The molecule has 1 aromatic carbocycles. The van der Waals surface area contributed by atoms with Crippen LogP contribution in [0, 0.1) is 5.92 Å². The van der Waals surface area contributed by atoms with Crippen LogP contribution >= 0.6 is 11.6 Å². The normalized spacial score (nSPS) is 25.2. The highest BCUT2D eigenvalue weighted by Crippen LogP contribution is 2.36. The molecule has 2 unspecified atom stereocenters. The third-order valence-corrected chi connectivity index (χ3v) is 3.30. The van der Waals surface area contributed by atoms with Crippen molar-refractivity contribution in [1.82, 2.24) is 0 Å². The number of rotatable bonds is 3. The van der Waals surface area contributed by atoms with Gasteiger partial charge < -0.3 is 4.74 Å². The maximum atomic E-state index is 12.5. The van der Waals surface area contributed by atoms with E-state index in [2.05, 4.69) is 0 Å². The van der Waals surface area contributed by atoms with Gasteiger partial charge in [-0.05, 0) is 18.1 Å². The average Bonchev–Trinajstić information content (AvgIpc) is 2.77. The molecule has 1 aromatic rings. The van der Waals surface area contributed by atoms with Crippen LogP contribution in [-0.2, 0) is 4.74 Å². The van der Waals surface area contributed by atoms with Gasteiger partial charge in [0.15, 0.2) is 0 Å². The molecule has 0 radical (unpaired) electrons. The van der Waals surface area contributed by atoms with Crippen molar-refractivity contribution < 1.29 is 13.5 Å². The SMILES string of the molecule is FC(F)c1cccc(C2OCCC2CCl)c1. The Morgan fingerprint density at radius 3 is 2.94 bits per heavy atom. The van der Waals surface area contributed by atoms with Gasteiger partial charge in [0.1, 0.15) is 0 Å². The highest BCUT2D eigenvalue weighted by atomic mass is 35.5. The van der Waals surface area contributed by atoms with Crippen molar-refractivity contribution in [2.75, 3.05) is 12.5 Å². The zero-order chi connectivity index (χ0) is 11.5. The lowest BCUT2D eigenvalue weighted by molar-refractivity contribution is 0.0945. The lowest BCUT2D eigenvalue weighted by atomic mass is 9.96. The average molecular weight is 247 g/mol. The largest absolute Gasteiger partial charge is 0.373 e. The predicted molar refractivity (Wildman–Crippen MR) is 58.9 cm³/mol. The molecule has 2 rings (SSSR count). The van der Waals surface area contributed by atoms with Gasteiger partial charge in [0, 0.05) is 24.0 Å². The van der Waals surface area contributed by atoms with E-state index >= 15 is 0 Å². The maximum Gasteiger partial charge on any atom is 0.263 e. The van der Waals surface area contributed by atoms with Gasteiger partial charge >= 0.3 is 0 Å². The summed E-state index contributed by atoms with van der Waals surface area (Å²) in [4.78, 5) is 0. The second-order valence-corrected chi connectivity index (χ2v) is 4.27. The predicted octanol–water partition coefficient (Wildman–Crippen LogP) is 3.94. The fraction of sp³-hybridized carbons (Fsp3) is 0.500. The molecule has 88 valence electrons. The number of ether oxygens (including phenoxy) is 1. The molecule has 2 atom stereocenters. The van der Waals surface area contributed by atoms with E-state index in [1.807, 2.05) is 6.07 Å². The van der Waals surface area contributed by atoms with Crippen LogP contribution in [0.15, 0.2) is 24.3 Å². The van der Waals surface area contributed by atoms with Crippen LogP contribution in [0.25, 0.3) is 0 Å². The summed E-state index contributed by atoms with van der Waals surface area (Å²) in [7, 11) is 0. The Kier molecular flexibility index (Phi) is 3.77. The third-order valence-electron chi connectivity index (χ3n) is 2.90. The summed E-state index contributed by atoms with van der Waals surface area (Å²) < 4.78 is 30.6. The fourth-order valence-corrected chi connectivity index (χ4v) is 2.35. The molecule has 4 heteroatoms. The van der Waals surface area contributed by atoms with Crippen molar-refractivity contribution in [1.29, 1.82) is 0 Å². The zero-order valence-electron chi connectivity index (χ0n) is 8.70. The minimum atomic E-state index is -2.43. The molecular formula is C12H13ClF2O. The van der Waals surface area contributed by atoms with Crippen LogP contribution in [-0.4, -0.2) is 12.5 Å². The maximum absolute atomic E-state index is 12.5. The summed E-state index contributed by atoms with van der Waals surface area (Å²) in [5.41, 5.74) is 0.849. The van der Waals surface area contributed by atoms with E-state index in [9.17, 15) is 8.78 Å². The zero-order valence-corrected chi connectivity index (χ0v) is 9.46. The smallest absolute Gasteiger partial charge is 0.263 e. The van der Waals surface area contributed by atoms with Crippen molar-refractivity contribution in [3.05, 3.63) is 35.4 Å². The summed E-state index contributed by atoms with van der Waals surface area (Å²) >= 11 is 5.83. The molecule has 0 aromatic heterocycles. The Bertz CT molecular complexity index is 357. The Hall–Kier alpha value is -0.670. The molecule has 1 aliphatic heterocycles. The van der Waals surface area contributed by atoms with Gasteiger partial charge in [-0.15, -0.1) is 11.6 Å². The van der Waals surface area contributed by atoms with Crippen molar-refractivity contribution in [3.63, 3.8) is 0 Å². The van der Waals surface area contributed by atoms with Gasteiger partial charge in [-0.25, -0.2) is 8.78 Å². The number of hydrogen-bond donors (Lipinski definition) is 0. The first-order valence-electron chi connectivity index (χ1n) is 5.28. The van der Waals surface area contributed by atoms with Gasteiger partial charge in [-0.3, -0.25) is 0 Å². The van der Waals surface area contributed by atoms with Gasteiger partial charge in [-0.1, -0.05) is 18.2 Å². The standard InChI is InChI=1S/C12H13ClF2O/c13-7-10-4-5-16-11(10)8-2-1-3-9(6-8)12(14)15/h1-3,6,10-12H,4-5,7H2. The number of halogens is 3. The molecule has 1 heterocycles. The van der Waals surface area contributed by atoms with Gasteiger partial charge in [0.2, 0.25) is 0 Å². The van der Waals surface area contributed by atoms with Crippen LogP contribution in [0.2, 0.25) is 0 Å². The van der Waals surface area contributed by atoms with Crippen molar-refractivity contribution in [2.24, 2.45) is 5.92 Å².